The highest BCUT2D eigenvalue weighted by atomic mass is 32.2. The van der Waals surface area contributed by atoms with Gasteiger partial charge in [0, 0.05) is 38.4 Å². The average molecular weight is 500 g/mol. The van der Waals surface area contributed by atoms with E-state index in [-0.39, 0.29) is 11.8 Å². The van der Waals surface area contributed by atoms with Crippen molar-refractivity contribution >= 4 is 32.4 Å². The number of imidazole rings is 1. The molecule has 34 heavy (non-hydrogen) atoms. The van der Waals surface area contributed by atoms with Crippen molar-refractivity contribution < 1.29 is 13.2 Å². The molecule has 1 fully saturated rings. The van der Waals surface area contributed by atoms with Crippen LogP contribution in [0.3, 0.4) is 0 Å². The molecule has 0 spiro atoms. The van der Waals surface area contributed by atoms with Gasteiger partial charge in [-0.15, -0.1) is 0 Å². The number of rotatable bonds is 5. The number of anilines is 1. The van der Waals surface area contributed by atoms with E-state index in [2.05, 4.69) is 15.3 Å². The third kappa shape index (κ3) is 4.42. The number of nitrogens with one attached hydrogen (secondary N) is 1. The molecule has 0 unspecified atom stereocenters. The van der Waals surface area contributed by atoms with Gasteiger partial charge in [-0.05, 0) is 68.7 Å². The van der Waals surface area contributed by atoms with Crippen molar-refractivity contribution in [3.05, 3.63) is 47.4 Å². The number of amides is 1. The van der Waals surface area contributed by atoms with Crippen LogP contribution in [0, 0.1) is 12.8 Å². The number of piperidine rings is 1. The first kappa shape index (κ1) is 23.2. The van der Waals surface area contributed by atoms with E-state index in [0.717, 1.165) is 41.2 Å². The zero-order valence-electron chi connectivity index (χ0n) is 19.5. The molecule has 0 bridgehead atoms. The van der Waals surface area contributed by atoms with E-state index < -0.39 is 10.0 Å². The first-order chi connectivity index (χ1) is 16.3. The summed E-state index contributed by atoms with van der Waals surface area (Å²) in [5.74, 6) is 0.470. The number of fused-ring (bicyclic) bond motifs is 1. The van der Waals surface area contributed by atoms with Gasteiger partial charge in [0.1, 0.15) is 0 Å². The second-order valence-corrected chi connectivity index (χ2v) is 12.0. The summed E-state index contributed by atoms with van der Waals surface area (Å²) in [6, 6.07) is 5.56. The molecule has 2 aliphatic rings. The summed E-state index contributed by atoms with van der Waals surface area (Å²) in [7, 11) is -1.63. The van der Waals surface area contributed by atoms with E-state index in [1.54, 1.807) is 12.3 Å². The van der Waals surface area contributed by atoms with Crippen molar-refractivity contribution in [1.29, 1.82) is 0 Å². The van der Waals surface area contributed by atoms with Crippen molar-refractivity contribution in [3.8, 4) is 10.7 Å². The molecule has 0 radical (unpaired) electrons. The van der Waals surface area contributed by atoms with Crippen LogP contribution in [-0.2, 0) is 34.7 Å². The number of carbonyl (C=O) groups is 1. The molecule has 1 amide bonds. The van der Waals surface area contributed by atoms with Crippen molar-refractivity contribution in [2.24, 2.45) is 13.0 Å². The number of hydrogen-bond donors (Lipinski definition) is 1. The maximum Gasteiger partial charge on any atom is 0.243 e. The highest BCUT2D eigenvalue weighted by Crippen LogP contribution is 2.33. The van der Waals surface area contributed by atoms with Crippen LogP contribution in [0.1, 0.15) is 42.5 Å². The normalized spacial score (nSPS) is 17.5. The minimum atomic E-state index is -3.55. The Kier molecular flexibility index (Phi) is 6.30. The minimum Gasteiger partial charge on any atom is -0.333 e. The highest BCUT2D eigenvalue weighted by Gasteiger charge is 2.33. The molecule has 1 saturated heterocycles. The van der Waals surface area contributed by atoms with Gasteiger partial charge in [0.15, 0.2) is 11.0 Å². The molecule has 3 aromatic rings. The van der Waals surface area contributed by atoms with Crippen LogP contribution < -0.4 is 5.32 Å². The van der Waals surface area contributed by atoms with Crippen LogP contribution in [0.25, 0.3) is 10.7 Å². The summed E-state index contributed by atoms with van der Waals surface area (Å²) in [6.45, 7) is 2.58. The third-order valence-corrected chi connectivity index (χ3v) is 9.80. The number of benzene rings is 1. The molecular weight excluding hydrogens is 470 g/mol. The highest BCUT2D eigenvalue weighted by molar-refractivity contribution is 7.89. The van der Waals surface area contributed by atoms with Crippen LogP contribution in [0.4, 0.5) is 5.13 Å². The van der Waals surface area contributed by atoms with E-state index in [0.29, 0.717) is 36.0 Å². The number of nitrogens with zero attached hydrogens (tertiary/aromatic N) is 4. The molecule has 8 nitrogen and oxygen atoms in total. The van der Waals surface area contributed by atoms with E-state index in [1.807, 2.05) is 36.9 Å². The average Bonchev–Trinajstić information content (AvgIpc) is 3.43. The van der Waals surface area contributed by atoms with E-state index in [1.165, 1.54) is 27.6 Å². The van der Waals surface area contributed by atoms with Gasteiger partial charge < -0.3 is 9.88 Å². The summed E-state index contributed by atoms with van der Waals surface area (Å²) < 4.78 is 29.9. The SMILES string of the molecule is Cc1nc(NC(=O)C2CCN(S(=O)(=O)c3ccc4c(c3)CCCC4)CC2)sc1-c1nccn1C. The number of aromatic nitrogens is 3. The zero-order chi connectivity index (χ0) is 23.9. The van der Waals surface area contributed by atoms with Gasteiger partial charge in [0.25, 0.3) is 0 Å². The largest absolute Gasteiger partial charge is 0.333 e. The lowest BCUT2D eigenvalue weighted by Crippen LogP contribution is -2.41. The van der Waals surface area contributed by atoms with Gasteiger partial charge in [0.05, 0.1) is 15.5 Å². The Labute approximate surface area is 204 Å². The lowest BCUT2D eigenvalue weighted by atomic mass is 9.92. The van der Waals surface area contributed by atoms with Crippen molar-refractivity contribution in [2.75, 3.05) is 18.4 Å². The Bertz CT molecular complexity index is 1320. The summed E-state index contributed by atoms with van der Waals surface area (Å²) in [4.78, 5) is 23.1. The molecular formula is C24H29N5O3S2. The number of hydrogen-bond acceptors (Lipinski definition) is 6. The monoisotopic (exact) mass is 499 g/mol. The lowest BCUT2D eigenvalue weighted by Gasteiger charge is -2.30. The van der Waals surface area contributed by atoms with Crippen molar-refractivity contribution in [2.45, 2.75) is 50.3 Å². The van der Waals surface area contributed by atoms with Gasteiger partial charge in [-0.2, -0.15) is 4.31 Å². The fraction of sp³-hybridized carbons (Fsp3) is 0.458. The van der Waals surface area contributed by atoms with Crippen LogP contribution in [0.15, 0.2) is 35.5 Å². The topological polar surface area (TPSA) is 97.2 Å². The minimum absolute atomic E-state index is 0.106. The van der Waals surface area contributed by atoms with Crippen LogP contribution in [0.2, 0.25) is 0 Å². The molecule has 1 N–H and O–H groups in total. The Morgan fingerprint density at radius 1 is 1.15 bits per heavy atom. The Morgan fingerprint density at radius 3 is 2.59 bits per heavy atom. The Balaban J connectivity index is 1.22. The predicted molar refractivity (Wildman–Crippen MR) is 132 cm³/mol. The summed E-state index contributed by atoms with van der Waals surface area (Å²) in [6.07, 6.45) is 8.84. The van der Waals surface area contributed by atoms with E-state index >= 15 is 0 Å². The van der Waals surface area contributed by atoms with Crippen LogP contribution in [-0.4, -0.2) is 46.3 Å². The second kappa shape index (κ2) is 9.24. The van der Waals surface area contributed by atoms with Gasteiger partial charge in [-0.3, -0.25) is 4.79 Å². The fourth-order valence-electron chi connectivity index (χ4n) is 4.83. The Hall–Kier alpha value is -2.56. The Morgan fingerprint density at radius 2 is 1.88 bits per heavy atom. The molecule has 0 saturated carbocycles. The number of sulfonamides is 1. The summed E-state index contributed by atoms with van der Waals surface area (Å²) in [5.41, 5.74) is 3.25. The summed E-state index contributed by atoms with van der Waals surface area (Å²) in [5, 5.41) is 3.48. The van der Waals surface area contributed by atoms with Crippen LogP contribution >= 0.6 is 11.3 Å². The summed E-state index contributed by atoms with van der Waals surface area (Å²) >= 11 is 1.40. The van der Waals surface area contributed by atoms with E-state index in [4.69, 9.17) is 0 Å². The van der Waals surface area contributed by atoms with Gasteiger partial charge in [0.2, 0.25) is 15.9 Å². The zero-order valence-corrected chi connectivity index (χ0v) is 21.1. The third-order valence-electron chi connectivity index (χ3n) is 6.83. The standard InChI is InChI=1S/C24H29N5O3S2/c1-16-21(22-25-11-14-28(22)2)33-24(26-16)27-23(30)18-9-12-29(13-10-18)34(31,32)20-8-7-17-5-3-4-6-19(17)15-20/h7-8,11,14-15,18H,3-6,9-10,12-13H2,1-2H3,(H,26,27,30). The molecule has 1 aromatic carbocycles. The second-order valence-electron chi connectivity index (χ2n) is 9.10. The first-order valence-electron chi connectivity index (χ1n) is 11.7. The lowest BCUT2D eigenvalue weighted by molar-refractivity contribution is -0.120. The number of thiazole rings is 1. The van der Waals surface area contributed by atoms with Gasteiger partial charge in [-0.1, -0.05) is 17.4 Å². The number of carbonyl (C=O) groups excluding carboxylic acids is 1. The molecule has 3 heterocycles. The number of aryl methyl sites for hydroxylation is 4. The van der Waals surface area contributed by atoms with Gasteiger partial charge >= 0.3 is 0 Å². The first-order valence-corrected chi connectivity index (χ1v) is 14.0. The molecule has 10 heteroatoms. The maximum atomic E-state index is 13.2. The molecule has 180 valence electrons. The molecule has 5 rings (SSSR count). The van der Waals surface area contributed by atoms with Crippen molar-refractivity contribution in [1.82, 2.24) is 18.8 Å². The molecule has 1 aliphatic carbocycles. The fourth-order valence-corrected chi connectivity index (χ4v) is 7.36. The predicted octanol–water partition coefficient (Wildman–Crippen LogP) is 3.77. The van der Waals surface area contributed by atoms with E-state index in [9.17, 15) is 13.2 Å². The smallest absolute Gasteiger partial charge is 0.243 e. The quantitative estimate of drug-likeness (QED) is 0.576. The van der Waals surface area contributed by atoms with Crippen molar-refractivity contribution in [3.63, 3.8) is 0 Å². The molecule has 2 aromatic heterocycles. The molecule has 1 aliphatic heterocycles. The van der Waals surface area contributed by atoms with Gasteiger partial charge in [-0.25, -0.2) is 18.4 Å². The molecule has 0 atom stereocenters. The van der Waals surface area contributed by atoms with Crippen LogP contribution in [0.5, 0.6) is 0 Å². The maximum absolute atomic E-state index is 13.2.